The number of ether oxygens (including phenoxy) is 2. The highest BCUT2D eigenvalue weighted by Gasteiger charge is 2.29. The number of carbonyl (C=O) groups excluding carboxylic acids is 1. The number of methoxy groups -OCH3 is 1. The van der Waals surface area contributed by atoms with Crippen molar-refractivity contribution in [3.05, 3.63) is 41.2 Å². The monoisotopic (exact) mass is 272 g/mol. The van der Waals surface area contributed by atoms with Gasteiger partial charge in [-0.1, -0.05) is 0 Å². The Hall–Kier alpha value is -2.30. The van der Waals surface area contributed by atoms with E-state index < -0.39 is 0 Å². The van der Waals surface area contributed by atoms with Crippen LogP contribution in [0.4, 0.5) is 0 Å². The number of benzene rings is 1. The first-order valence-electron chi connectivity index (χ1n) is 6.46. The second kappa shape index (κ2) is 4.67. The van der Waals surface area contributed by atoms with Crippen molar-refractivity contribution in [1.82, 2.24) is 9.78 Å². The number of hydrogen-bond acceptors (Lipinski definition) is 4. The van der Waals surface area contributed by atoms with Crippen LogP contribution in [0.25, 0.3) is 0 Å². The summed E-state index contributed by atoms with van der Waals surface area (Å²) in [5.41, 5.74) is 2.44. The minimum absolute atomic E-state index is 0.0680. The van der Waals surface area contributed by atoms with Crippen molar-refractivity contribution < 1.29 is 14.3 Å². The topological polar surface area (TPSA) is 53.4 Å². The van der Waals surface area contributed by atoms with Gasteiger partial charge in [0.1, 0.15) is 17.6 Å². The number of nitrogens with zero attached hydrogens (tertiary/aromatic N) is 2. The number of fused-ring (bicyclic) bond motifs is 1. The fourth-order valence-electron chi connectivity index (χ4n) is 2.54. The van der Waals surface area contributed by atoms with Gasteiger partial charge in [-0.25, -0.2) is 0 Å². The molecule has 1 aliphatic rings. The lowest BCUT2D eigenvalue weighted by molar-refractivity contribution is 0.0848. The fraction of sp³-hybridized carbons (Fsp3) is 0.333. The Kier molecular flexibility index (Phi) is 2.97. The largest absolute Gasteiger partial charge is 0.497 e. The first-order valence-corrected chi connectivity index (χ1v) is 6.46. The molecule has 0 N–H and O–H groups in total. The molecular formula is C15H16N2O3. The maximum atomic E-state index is 12.3. The summed E-state index contributed by atoms with van der Waals surface area (Å²) in [5.74, 6) is 1.34. The molecule has 20 heavy (non-hydrogen) atoms. The fourth-order valence-corrected chi connectivity index (χ4v) is 2.54. The SMILES string of the molecule is COc1ccc2c(c1)C(=O)CC(c1cn(C)nc1C)O2. The molecule has 0 bridgehead atoms. The van der Waals surface area contributed by atoms with Gasteiger partial charge in [0.25, 0.3) is 0 Å². The number of rotatable bonds is 2. The average Bonchev–Trinajstić information content (AvgIpc) is 2.77. The minimum atomic E-state index is -0.267. The number of carbonyl (C=O) groups is 1. The molecule has 1 aliphatic heterocycles. The number of aromatic nitrogens is 2. The molecule has 5 heteroatoms. The van der Waals surface area contributed by atoms with Crippen LogP contribution in [0.3, 0.4) is 0 Å². The predicted octanol–water partition coefficient (Wildman–Crippen LogP) is 2.44. The van der Waals surface area contributed by atoms with Crippen molar-refractivity contribution >= 4 is 5.78 Å². The molecule has 3 rings (SSSR count). The normalized spacial score (nSPS) is 17.6. The van der Waals surface area contributed by atoms with E-state index in [2.05, 4.69) is 5.10 Å². The highest BCUT2D eigenvalue weighted by Crippen LogP contribution is 2.37. The van der Waals surface area contributed by atoms with Gasteiger partial charge >= 0.3 is 0 Å². The zero-order chi connectivity index (χ0) is 14.3. The molecule has 0 aliphatic carbocycles. The summed E-state index contributed by atoms with van der Waals surface area (Å²) >= 11 is 0. The summed E-state index contributed by atoms with van der Waals surface area (Å²) < 4.78 is 12.8. The lowest BCUT2D eigenvalue weighted by Gasteiger charge is -2.25. The van der Waals surface area contributed by atoms with Gasteiger partial charge in [0.05, 0.1) is 24.8 Å². The van der Waals surface area contributed by atoms with E-state index in [-0.39, 0.29) is 11.9 Å². The number of Topliss-reactive ketones (excluding diaryl/α,β-unsaturated/α-hetero) is 1. The van der Waals surface area contributed by atoms with Crippen LogP contribution in [0.1, 0.15) is 34.1 Å². The van der Waals surface area contributed by atoms with E-state index in [0.717, 1.165) is 11.3 Å². The van der Waals surface area contributed by atoms with Crippen molar-refractivity contribution in [3.63, 3.8) is 0 Å². The third-order valence-corrected chi connectivity index (χ3v) is 3.53. The van der Waals surface area contributed by atoms with Gasteiger partial charge in [-0.05, 0) is 25.1 Å². The predicted molar refractivity (Wildman–Crippen MR) is 73.3 cm³/mol. The molecule has 0 radical (unpaired) electrons. The molecule has 0 saturated carbocycles. The molecule has 0 amide bonds. The van der Waals surface area contributed by atoms with Gasteiger partial charge in [-0.3, -0.25) is 9.48 Å². The number of ketones is 1. The number of hydrogen-bond donors (Lipinski definition) is 0. The minimum Gasteiger partial charge on any atom is -0.497 e. The van der Waals surface area contributed by atoms with Gasteiger partial charge in [-0.15, -0.1) is 0 Å². The molecule has 104 valence electrons. The summed E-state index contributed by atoms with van der Waals surface area (Å²) in [6.45, 7) is 1.92. The maximum absolute atomic E-state index is 12.3. The second-order valence-corrected chi connectivity index (χ2v) is 4.94. The first-order chi connectivity index (χ1) is 9.58. The molecule has 1 aromatic heterocycles. The van der Waals surface area contributed by atoms with E-state index in [0.29, 0.717) is 23.5 Å². The third-order valence-electron chi connectivity index (χ3n) is 3.53. The van der Waals surface area contributed by atoms with Gasteiger partial charge in [0.15, 0.2) is 5.78 Å². The molecule has 1 atom stereocenters. The molecule has 2 heterocycles. The van der Waals surface area contributed by atoms with Gasteiger partial charge < -0.3 is 9.47 Å². The Morgan fingerprint density at radius 2 is 2.25 bits per heavy atom. The third kappa shape index (κ3) is 2.05. The van der Waals surface area contributed by atoms with Crippen LogP contribution in [0.2, 0.25) is 0 Å². The smallest absolute Gasteiger partial charge is 0.170 e. The lowest BCUT2D eigenvalue weighted by atomic mass is 9.96. The Morgan fingerprint density at radius 1 is 1.45 bits per heavy atom. The highest BCUT2D eigenvalue weighted by atomic mass is 16.5. The molecule has 0 spiro atoms. The van der Waals surface area contributed by atoms with Crippen LogP contribution < -0.4 is 9.47 Å². The summed E-state index contributed by atoms with van der Waals surface area (Å²) in [7, 11) is 3.44. The van der Waals surface area contributed by atoms with E-state index in [1.807, 2.05) is 20.2 Å². The van der Waals surface area contributed by atoms with Crippen LogP contribution in [-0.2, 0) is 7.05 Å². The van der Waals surface area contributed by atoms with Crippen LogP contribution in [-0.4, -0.2) is 22.7 Å². The van der Waals surface area contributed by atoms with Crippen LogP contribution in [0, 0.1) is 6.92 Å². The van der Waals surface area contributed by atoms with Gasteiger partial charge in [0.2, 0.25) is 0 Å². The van der Waals surface area contributed by atoms with Crippen molar-refractivity contribution in [1.29, 1.82) is 0 Å². The molecular weight excluding hydrogens is 256 g/mol. The lowest BCUT2D eigenvalue weighted by Crippen LogP contribution is -2.20. The molecule has 1 unspecified atom stereocenters. The molecule has 2 aromatic rings. The van der Waals surface area contributed by atoms with Crippen LogP contribution >= 0.6 is 0 Å². The van der Waals surface area contributed by atoms with Crippen molar-refractivity contribution in [2.75, 3.05) is 7.11 Å². The van der Waals surface area contributed by atoms with E-state index in [1.165, 1.54) is 0 Å². The maximum Gasteiger partial charge on any atom is 0.170 e. The zero-order valence-electron chi connectivity index (χ0n) is 11.7. The van der Waals surface area contributed by atoms with Crippen molar-refractivity contribution in [3.8, 4) is 11.5 Å². The van der Waals surface area contributed by atoms with E-state index >= 15 is 0 Å². The average molecular weight is 272 g/mol. The van der Waals surface area contributed by atoms with E-state index in [4.69, 9.17) is 9.47 Å². The Balaban J connectivity index is 1.97. The summed E-state index contributed by atoms with van der Waals surface area (Å²) in [6.07, 6.45) is 1.96. The Labute approximate surface area is 117 Å². The highest BCUT2D eigenvalue weighted by molar-refractivity contribution is 6.00. The van der Waals surface area contributed by atoms with E-state index in [9.17, 15) is 4.79 Å². The van der Waals surface area contributed by atoms with E-state index in [1.54, 1.807) is 30.0 Å². The van der Waals surface area contributed by atoms with Crippen molar-refractivity contribution in [2.24, 2.45) is 7.05 Å². The van der Waals surface area contributed by atoms with Crippen LogP contribution in [0.5, 0.6) is 11.5 Å². The molecule has 0 fully saturated rings. The van der Waals surface area contributed by atoms with Crippen LogP contribution in [0.15, 0.2) is 24.4 Å². The zero-order valence-corrected chi connectivity index (χ0v) is 11.7. The molecule has 1 aromatic carbocycles. The Morgan fingerprint density at radius 3 is 2.90 bits per heavy atom. The quantitative estimate of drug-likeness (QED) is 0.842. The summed E-state index contributed by atoms with van der Waals surface area (Å²) in [6, 6.07) is 5.30. The number of aryl methyl sites for hydroxylation is 2. The molecule has 0 saturated heterocycles. The van der Waals surface area contributed by atoms with Gasteiger partial charge in [0, 0.05) is 18.8 Å². The second-order valence-electron chi connectivity index (χ2n) is 4.94. The summed E-state index contributed by atoms with van der Waals surface area (Å²) in [5, 5.41) is 4.30. The summed E-state index contributed by atoms with van der Waals surface area (Å²) in [4.78, 5) is 12.3. The van der Waals surface area contributed by atoms with Gasteiger partial charge in [-0.2, -0.15) is 5.10 Å². The first kappa shape index (κ1) is 12.7. The Bertz CT molecular complexity index is 676. The standard InChI is InChI=1S/C15H16N2O3/c1-9-12(8-17(2)16-9)15-7-13(18)11-6-10(19-3)4-5-14(11)20-15/h4-6,8,15H,7H2,1-3H3. The molecule has 5 nitrogen and oxygen atoms in total. The van der Waals surface area contributed by atoms with Crippen molar-refractivity contribution in [2.45, 2.75) is 19.4 Å².